The second-order valence-electron chi connectivity index (χ2n) is 4.41. The molecular formula is C15H18N4O. The number of hydrogen-bond acceptors (Lipinski definition) is 3. The van der Waals surface area contributed by atoms with Crippen LogP contribution < -0.4 is 10.6 Å². The van der Waals surface area contributed by atoms with Crippen molar-refractivity contribution in [3.05, 3.63) is 54.5 Å². The Morgan fingerprint density at radius 1 is 1.05 bits per heavy atom. The highest BCUT2D eigenvalue weighted by Crippen LogP contribution is 2.03. The van der Waals surface area contributed by atoms with Gasteiger partial charge in [0, 0.05) is 25.1 Å². The molecule has 0 bridgehead atoms. The van der Waals surface area contributed by atoms with Gasteiger partial charge in [0.1, 0.15) is 5.82 Å². The fourth-order valence-corrected chi connectivity index (χ4v) is 1.80. The van der Waals surface area contributed by atoms with E-state index < -0.39 is 0 Å². The van der Waals surface area contributed by atoms with Crippen molar-refractivity contribution in [1.29, 1.82) is 0 Å². The maximum Gasteiger partial charge on any atom is 0.320 e. The van der Waals surface area contributed by atoms with Gasteiger partial charge >= 0.3 is 6.03 Å². The minimum absolute atomic E-state index is 0.215. The molecule has 0 spiro atoms. The molecule has 0 aliphatic rings. The van der Waals surface area contributed by atoms with Crippen molar-refractivity contribution in [2.75, 3.05) is 11.9 Å². The largest absolute Gasteiger partial charge is 0.338 e. The third-order valence-corrected chi connectivity index (χ3v) is 2.83. The molecule has 0 aliphatic carbocycles. The Bertz CT molecular complexity index is 516. The zero-order chi connectivity index (χ0) is 14.0. The minimum atomic E-state index is -0.215. The Morgan fingerprint density at radius 3 is 2.65 bits per heavy atom. The van der Waals surface area contributed by atoms with Crippen LogP contribution in [-0.2, 0) is 6.42 Å². The molecule has 0 atom stereocenters. The lowest BCUT2D eigenvalue weighted by Gasteiger charge is -2.06. The third-order valence-electron chi connectivity index (χ3n) is 2.83. The SMILES string of the molecule is O=C(NCCCCc1ccncc1)Nc1ccccn1. The summed E-state index contributed by atoms with van der Waals surface area (Å²) in [6.07, 6.45) is 8.23. The Labute approximate surface area is 118 Å². The van der Waals surface area contributed by atoms with E-state index in [4.69, 9.17) is 0 Å². The van der Waals surface area contributed by atoms with Gasteiger partial charge in [-0.25, -0.2) is 9.78 Å². The van der Waals surface area contributed by atoms with Gasteiger partial charge in [0.15, 0.2) is 0 Å². The van der Waals surface area contributed by atoms with Gasteiger partial charge in [0.05, 0.1) is 0 Å². The fraction of sp³-hybridized carbons (Fsp3) is 0.267. The van der Waals surface area contributed by atoms with Gasteiger partial charge in [-0.15, -0.1) is 0 Å². The first-order valence-corrected chi connectivity index (χ1v) is 6.69. The van der Waals surface area contributed by atoms with Gasteiger partial charge in [-0.2, -0.15) is 0 Å². The molecule has 5 nitrogen and oxygen atoms in total. The zero-order valence-corrected chi connectivity index (χ0v) is 11.2. The first kappa shape index (κ1) is 14.0. The molecule has 0 saturated carbocycles. The maximum atomic E-state index is 11.6. The number of unbranched alkanes of at least 4 members (excludes halogenated alkanes) is 1. The lowest BCUT2D eigenvalue weighted by Crippen LogP contribution is -2.29. The molecule has 0 aromatic carbocycles. The predicted molar refractivity (Wildman–Crippen MR) is 78.4 cm³/mol. The molecule has 2 aromatic rings. The van der Waals surface area contributed by atoms with Crippen molar-refractivity contribution in [2.45, 2.75) is 19.3 Å². The van der Waals surface area contributed by atoms with E-state index in [1.54, 1.807) is 24.7 Å². The summed E-state index contributed by atoms with van der Waals surface area (Å²) in [6.45, 7) is 0.656. The molecule has 2 amide bonds. The molecule has 2 heterocycles. The van der Waals surface area contributed by atoms with Crippen molar-refractivity contribution in [3.63, 3.8) is 0 Å². The minimum Gasteiger partial charge on any atom is -0.338 e. The molecule has 0 saturated heterocycles. The van der Waals surface area contributed by atoms with Crippen molar-refractivity contribution >= 4 is 11.8 Å². The summed E-state index contributed by atoms with van der Waals surface area (Å²) in [7, 11) is 0. The van der Waals surface area contributed by atoms with Gasteiger partial charge < -0.3 is 5.32 Å². The van der Waals surface area contributed by atoms with E-state index in [0.717, 1.165) is 19.3 Å². The van der Waals surface area contributed by atoms with E-state index in [2.05, 4.69) is 20.6 Å². The number of nitrogens with zero attached hydrogens (tertiary/aromatic N) is 2. The molecule has 0 unspecified atom stereocenters. The Balaban J connectivity index is 1.58. The molecule has 5 heteroatoms. The number of carbonyl (C=O) groups is 1. The number of nitrogens with one attached hydrogen (secondary N) is 2. The van der Waals surface area contributed by atoms with Crippen LogP contribution in [0.2, 0.25) is 0 Å². The van der Waals surface area contributed by atoms with E-state index >= 15 is 0 Å². The van der Waals surface area contributed by atoms with Gasteiger partial charge in [-0.05, 0) is 49.1 Å². The monoisotopic (exact) mass is 270 g/mol. The molecule has 2 N–H and O–H groups in total. The first-order valence-electron chi connectivity index (χ1n) is 6.69. The molecule has 104 valence electrons. The van der Waals surface area contributed by atoms with Crippen molar-refractivity contribution in [1.82, 2.24) is 15.3 Å². The van der Waals surface area contributed by atoms with Crippen molar-refractivity contribution in [3.8, 4) is 0 Å². The van der Waals surface area contributed by atoms with Crippen LogP contribution in [-0.4, -0.2) is 22.5 Å². The highest BCUT2D eigenvalue weighted by molar-refractivity contribution is 5.88. The van der Waals surface area contributed by atoms with E-state index in [-0.39, 0.29) is 6.03 Å². The first-order chi connectivity index (χ1) is 9.84. The highest BCUT2D eigenvalue weighted by Gasteiger charge is 2.00. The van der Waals surface area contributed by atoms with Gasteiger partial charge in [-0.1, -0.05) is 6.07 Å². The average Bonchev–Trinajstić information content (AvgIpc) is 2.49. The molecule has 0 radical (unpaired) electrons. The summed E-state index contributed by atoms with van der Waals surface area (Å²) in [5, 5.41) is 5.50. The highest BCUT2D eigenvalue weighted by atomic mass is 16.2. The number of rotatable bonds is 6. The van der Waals surface area contributed by atoms with E-state index in [1.165, 1.54) is 5.56 Å². The van der Waals surface area contributed by atoms with Crippen LogP contribution in [0, 0.1) is 0 Å². The normalized spacial score (nSPS) is 10.0. The number of pyridine rings is 2. The molecule has 2 aromatic heterocycles. The molecular weight excluding hydrogens is 252 g/mol. The number of aromatic nitrogens is 2. The van der Waals surface area contributed by atoms with Gasteiger partial charge in [0.25, 0.3) is 0 Å². The fourth-order valence-electron chi connectivity index (χ4n) is 1.80. The second-order valence-corrected chi connectivity index (χ2v) is 4.41. The molecule has 0 aliphatic heterocycles. The summed E-state index contributed by atoms with van der Waals surface area (Å²) in [5.74, 6) is 0.557. The van der Waals surface area contributed by atoms with Crippen LogP contribution >= 0.6 is 0 Å². The lowest BCUT2D eigenvalue weighted by molar-refractivity contribution is 0.252. The topological polar surface area (TPSA) is 66.9 Å². The maximum absolute atomic E-state index is 11.6. The van der Waals surface area contributed by atoms with Crippen LogP contribution in [0.1, 0.15) is 18.4 Å². The summed E-state index contributed by atoms with van der Waals surface area (Å²) in [6, 6.07) is 9.21. The summed E-state index contributed by atoms with van der Waals surface area (Å²) in [5.41, 5.74) is 1.28. The molecule has 20 heavy (non-hydrogen) atoms. The quantitative estimate of drug-likeness (QED) is 0.793. The predicted octanol–water partition coefficient (Wildman–Crippen LogP) is 2.62. The second kappa shape index (κ2) is 7.89. The summed E-state index contributed by atoms with van der Waals surface area (Å²) in [4.78, 5) is 19.6. The average molecular weight is 270 g/mol. The summed E-state index contributed by atoms with van der Waals surface area (Å²) < 4.78 is 0. The Hall–Kier alpha value is -2.43. The number of carbonyl (C=O) groups excluding carboxylic acids is 1. The molecule has 2 rings (SSSR count). The van der Waals surface area contributed by atoms with E-state index in [9.17, 15) is 4.79 Å². The van der Waals surface area contributed by atoms with Crippen LogP contribution in [0.5, 0.6) is 0 Å². The smallest absolute Gasteiger partial charge is 0.320 e. The van der Waals surface area contributed by atoms with Crippen LogP contribution in [0.15, 0.2) is 48.9 Å². The van der Waals surface area contributed by atoms with Crippen LogP contribution in [0.25, 0.3) is 0 Å². The lowest BCUT2D eigenvalue weighted by atomic mass is 10.1. The zero-order valence-electron chi connectivity index (χ0n) is 11.2. The van der Waals surface area contributed by atoms with Crippen molar-refractivity contribution in [2.24, 2.45) is 0 Å². The van der Waals surface area contributed by atoms with Crippen LogP contribution in [0.4, 0.5) is 10.6 Å². The van der Waals surface area contributed by atoms with Gasteiger partial charge in [0.2, 0.25) is 0 Å². The van der Waals surface area contributed by atoms with E-state index in [1.807, 2.05) is 24.3 Å². The van der Waals surface area contributed by atoms with E-state index in [0.29, 0.717) is 12.4 Å². The number of aryl methyl sites for hydroxylation is 1. The Kier molecular flexibility index (Phi) is 5.52. The Morgan fingerprint density at radius 2 is 1.90 bits per heavy atom. The standard InChI is InChI=1S/C15H18N4O/c20-15(19-14-6-2-4-9-17-14)18-10-3-1-5-13-7-11-16-12-8-13/h2,4,6-9,11-12H,1,3,5,10H2,(H2,17,18,19,20). The number of urea groups is 1. The van der Waals surface area contributed by atoms with Crippen LogP contribution in [0.3, 0.4) is 0 Å². The number of anilines is 1. The van der Waals surface area contributed by atoms with Crippen molar-refractivity contribution < 1.29 is 4.79 Å². The summed E-state index contributed by atoms with van der Waals surface area (Å²) >= 11 is 0. The number of hydrogen-bond donors (Lipinski definition) is 2. The number of amides is 2. The third kappa shape index (κ3) is 5.06. The van der Waals surface area contributed by atoms with Gasteiger partial charge in [-0.3, -0.25) is 10.3 Å². The molecule has 0 fully saturated rings.